The molecular formula is C9H19NO2. The summed E-state index contributed by atoms with van der Waals surface area (Å²) >= 11 is 0. The van der Waals surface area contributed by atoms with Crippen LogP contribution in [0.4, 0.5) is 0 Å². The van der Waals surface area contributed by atoms with Gasteiger partial charge < -0.3 is 9.64 Å². The van der Waals surface area contributed by atoms with E-state index >= 15 is 0 Å². The van der Waals surface area contributed by atoms with Gasteiger partial charge in [0.15, 0.2) is 0 Å². The van der Waals surface area contributed by atoms with E-state index in [1.165, 1.54) is 0 Å². The third kappa shape index (κ3) is 3.72. The number of amides is 1. The van der Waals surface area contributed by atoms with Gasteiger partial charge in [-0.15, -0.1) is 0 Å². The van der Waals surface area contributed by atoms with Crippen LogP contribution in [0.5, 0.6) is 0 Å². The third-order valence-corrected chi connectivity index (χ3v) is 1.74. The highest BCUT2D eigenvalue weighted by Crippen LogP contribution is 2.07. The molecule has 0 aromatic rings. The summed E-state index contributed by atoms with van der Waals surface area (Å²) in [6, 6.07) is 0. The lowest BCUT2D eigenvalue weighted by Gasteiger charge is -2.13. The molecule has 1 heterocycles. The molecule has 12 heavy (non-hydrogen) atoms. The maximum atomic E-state index is 11.0. The maximum absolute atomic E-state index is 11.0. The standard InChI is InChI=1S/C7H13NO2.C2H6/c1-10-6-5-8-4-2-3-7(8)9;1-2/h2-6H2,1H3;1-2H3. The first-order chi connectivity index (χ1) is 5.84. The predicted molar refractivity (Wildman–Crippen MR) is 49.0 cm³/mol. The molecule has 1 rings (SSSR count). The second kappa shape index (κ2) is 7.10. The van der Waals surface area contributed by atoms with Crippen LogP contribution in [-0.4, -0.2) is 37.6 Å². The number of methoxy groups -OCH3 is 1. The monoisotopic (exact) mass is 173 g/mol. The summed E-state index contributed by atoms with van der Waals surface area (Å²) in [4.78, 5) is 12.8. The first-order valence-corrected chi connectivity index (χ1v) is 4.61. The average molecular weight is 173 g/mol. The van der Waals surface area contributed by atoms with Crippen LogP contribution in [0.2, 0.25) is 0 Å². The molecule has 0 unspecified atom stereocenters. The van der Waals surface area contributed by atoms with Crippen LogP contribution in [-0.2, 0) is 9.53 Å². The van der Waals surface area contributed by atoms with Crippen molar-refractivity contribution in [3.63, 3.8) is 0 Å². The minimum Gasteiger partial charge on any atom is -0.383 e. The van der Waals surface area contributed by atoms with Crippen molar-refractivity contribution in [3.05, 3.63) is 0 Å². The van der Waals surface area contributed by atoms with Crippen molar-refractivity contribution >= 4 is 5.91 Å². The van der Waals surface area contributed by atoms with E-state index in [2.05, 4.69) is 0 Å². The second-order valence-electron chi connectivity index (χ2n) is 2.48. The van der Waals surface area contributed by atoms with E-state index in [0.29, 0.717) is 6.61 Å². The summed E-state index contributed by atoms with van der Waals surface area (Å²) in [5.74, 6) is 0.275. The molecule has 72 valence electrons. The van der Waals surface area contributed by atoms with Gasteiger partial charge in [0.1, 0.15) is 0 Å². The number of carbonyl (C=O) groups is 1. The fourth-order valence-corrected chi connectivity index (χ4v) is 1.14. The van der Waals surface area contributed by atoms with Crippen LogP contribution < -0.4 is 0 Å². The molecule has 1 aliphatic rings. The topological polar surface area (TPSA) is 29.5 Å². The Bertz CT molecular complexity index is 126. The zero-order chi connectivity index (χ0) is 9.40. The number of nitrogens with zero attached hydrogens (tertiary/aromatic N) is 1. The molecular weight excluding hydrogens is 154 g/mol. The lowest BCUT2D eigenvalue weighted by Crippen LogP contribution is -2.28. The van der Waals surface area contributed by atoms with Crippen molar-refractivity contribution < 1.29 is 9.53 Å². The fourth-order valence-electron chi connectivity index (χ4n) is 1.14. The molecule has 0 radical (unpaired) electrons. The van der Waals surface area contributed by atoms with Crippen LogP contribution in [0.25, 0.3) is 0 Å². The van der Waals surface area contributed by atoms with Crippen molar-refractivity contribution in [1.82, 2.24) is 4.90 Å². The molecule has 0 aromatic heterocycles. The lowest BCUT2D eigenvalue weighted by atomic mass is 10.4. The molecule has 0 aliphatic carbocycles. The van der Waals surface area contributed by atoms with E-state index in [4.69, 9.17) is 4.74 Å². The molecule has 0 bridgehead atoms. The summed E-state index contributed by atoms with van der Waals surface area (Å²) in [6.07, 6.45) is 1.74. The average Bonchev–Trinajstić information content (AvgIpc) is 2.51. The highest BCUT2D eigenvalue weighted by atomic mass is 16.5. The first-order valence-electron chi connectivity index (χ1n) is 4.61. The molecule has 3 nitrogen and oxygen atoms in total. The van der Waals surface area contributed by atoms with Gasteiger partial charge in [0.25, 0.3) is 0 Å². The molecule has 0 atom stereocenters. The molecule has 0 N–H and O–H groups in total. The van der Waals surface area contributed by atoms with E-state index in [1.807, 2.05) is 18.7 Å². The Balaban J connectivity index is 0.000000561. The van der Waals surface area contributed by atoms with Crippen LogP contribution in [0.3, 0.4) is 0 Å². The summed E-state index contributed by atoms with van der Waals surface area (Å²) in [6.45, 7) is 6.34. The van der Waals surface area contributed by atoms with E-state index < -0.39 is 0 Å². The Morgan fingerprint density at radius 3 is 2.58 bits per heavy atom. The van der Waals surface area contributed by atoms with Crippen molar-refractivity contribution in [3.8, 4) is 0 Å². The number of carbonyl (C=O) groups excluding carboxylic acids is 1. The quantitative estimate of drug-likeness (QED) is 0.643. The molecule has 1 fully saturated rings. The molecule has 3 heteroatoms. The molecule has 1 saturated heterocycles. The number of rotatable bonds is 3. The Hall–Kier alpha value is -0.570. The largest absolute Gasteiger partial charge is 0.383 e. The number of likely N-dealkylation sites (tertiary alicyclic amines) is 1. The smallest absolute Gasteiger partial charge is 0.222 e. The highest BCUT2D eigenvalue weighted by Gasteiger charge is 2.18. The fraction of sp³-hybridized carbons (Fsp3) is 0.889. The zero-order valence-corrected chi connectivity index (χ0v) is 8.30. The van der Waals surface area contributed by atoms with Crippen LogP contribution in [0, 0.1) is 0 Å². The summed E-state index contributed by atoms with van der Waals surface area (Å²) in [5, 5.41) is 0. The van der Waals surface area contributed by atoms with Crippen LogP contribution >= 0.6 is 0 Å². The predicted octanol–water partition coefficient (Wildman–Crippen LogP) is 1.28. The van der Waals surface area contributed by atoms with Gasteiger partial charge in [-0.3, -0.25) is 4.79 Å². The van der Waals surface area contributed by atoms with Crippen molar-refractivity contribution in [2.24, 2.45) is 0 Å². The molecule has 1 amide bonds. The van der Waals surface area contributed by atoms with Gasteiger partial charge in [0, 0.05) is 26.6 Å². The van der Waals surface area contributed by atoms with Gasteiger partial charge in [0.2, 0.25) is 5.91 Å². The summed E-state index contributed by atoms with van der Waals surface area (Å²) in [5.41, 5.74) is 0. The first kappa shape index (κ1) is 11.4. The lowest BCUT2D eigenvalue weighted by molar-refractivity contribution is -0.128. The minimum atomic E-state index is 0.275. The van der Waals surface area contributed by atoms with Crippen LogP contribution in [0.15, 0.2) is 0 Å². The van der Waals surface area contributed by atoms with Crippen LogP contribution in [0.1, 0.15) is 26.7 Å². The summed E-state index contributed by atoms with van der Waals surface area (Å²) < 4.78 is 4.86. The number of ether oxygens (including phenoxy) is 1. The van der Waals surface area contributed by atoms with Crippen molar-refractivity contribution in [1.29, 1.82) is 0 Å². The number of hydrogen-bond acceptors (Lipinski definition) is 2. The Kier molecular flexibility index (Phi) is 6.76. The highest BCUT2D eigenvalue weighted by molar-refractivity contribution is 5.77. The molecule has 0 spiro atoms. The van der Waals surface area contributed by atoms with Gasteiger partial charge in [-0.05, 0) is 6.42 Å². The Morgan fingerprint density at radius 1 is 1.50 bits per heavy atom. The second-order valence-corrected chi connectivity index (χ2v) is 2.48. The van der Waals surface area contributed by atoms with Gasteiger partial charge in [-0.1, -0.05) is 13.8 Å². The van der Waals surface area contributed by atoms with E-state index in [9.17, 15) is 4.79 Å². The Morgan fingerprint density at radius 2 is 2.17 bits per heavy atom. The zero-order valence-electron chi connectivity index (χ0n) is 8.30. The van der Waals surface area contributed by atoms with Gasteiger partial charge in [-0.2, -0.15) is 0 Å². The van der Waals surface area contributed by atoms with Gasteiger partial charge >= 0.3 is 0 Å². The van der Waals surface area contributed by atoms with Gasteiger partial charge in [0.05, 0.1) is 6.61 Å². The minimum absolute atomic E-state index is 0.275. The molecule has 0 saturated carbocycles. The van der Waals surface area contributed by atoms with E-state index in [-0.39, 0.29) is 5.91 Å². The third-order valence-electron chi connectivity index (χ3n) is 1.74. The van der Waals surface area contributed by atoms with Crippen molar-refractivity contribution in [2.75, 3.05) is 26.8 Å². The SMILES string of the molecule is CC.COCCN1CCCC1=O. The molecule has 0 aromatic carbocycles. The van der Waals surface area contributed by atoms with Crippen molar-refractivity contribution in [2.45, 2.75) is 26.7 Å². The normalized spacial score (nSPS) is 15.9. The maximum Gasteiger partial charge on any atom is 0.222 e. The number of hydrogen-bond donors (Lipinski definition) is 0. The Labute approximate surface area is 74.7 Å². The van der Waals surface area contributed by atoms with E-state index in [0.717, 1.165) is 25.9 Å². The summed E-state index contributed by atoms with van der Waals surface area (Å²) in [7, 11) is 1.65. The van der Waals surface area contributed by atoms with Gasteiger partial charge in [-0.25, -0.2) is 0 Å². The van der Waals surface area contributed by atoms with E-state index in [1.54, 1.807) is 7.11 Å². The molecule has 1 aliphatic heterocycles.